The molecule has 0 saturated carbocycles. The molecular formula is C15H22O4. The maximum Gasteiger partial charge on any atom is 0.334 e. The fourth-order valence-electron chi connectivity index (χ4n) is 1.47. The third-order valence-electron chi connectivity index (χ3n) is 3.26. The Morgan fingerprint density at radius 2 is 1.95 bits per heavy atom. The molecule has 0 atom stereocenters. The van der Waals surface area contributed by atoms with Gasteiger partial charge >= 0.3 is 11.9 Å². The first-order valence-electron chi connectivity index (χ1n) is 6.67. The van der Waals surface area contributed by atoms with Crippen molar-refractivity contribution >= 4 is 11.9 Å². The average Bonchev–Trinajstić information content (AvgIpc) is 2.43. The summed E-state index contributed by atoms with van der Waals surface area (Å²) in [5, 5.41) is 0. The molecule has 0 aromatic carbocycles. The molecule has 0 unspecified atom stereocenters. The van der Waals surface area contributed by atoms with E-state index in [4.69, 9.17) is 9.47 Å². The topological polar surface area (TPSA) is 52.6 Å². The average molecular weight is 266 g/mol. The van der Waals surface area contributed by atoms with E-state index in [1.54, 1.807) is 6.08 Å². The molecule has 0 N–H and O–H groups in total. The summed E-state index contributed by atoms with van der Waals surface area (Å²) in [7, 11) is 0. The number of esters is 2. The minimum atomic E-state index is -0.485. The van der Waals surface area contributed by atoms with E-state index in [1.807, 2.05) is 32.9 Å². The summed E-state index contributed by atoms with van der Waals surface area (Å²) >= 11 is 0. The SMILES string of the molecule is CCC(C)(C)C(=O)OCCOC(=O)C1=CC=CCC1. The largest absolute Gasteiger partial charge is 0.462 e. The van der Waals surface area contributed by atoms with Gasteiger partial charge in [0.05, 0.1) is 5.41 Å². The van der Waals surface area contributed by atoms with Crippen LogP contribution in [0, 0.1) is 5.41 Å². The van der Waals surface area contributed by atoms with Crippen molar-refractivity contribution in [3.63, 3.8) is 0 Å². The third kappa shape index (κ3) is 4.89. The fourth-order valence-corrected chi connectivity index (χ4v) is 1.47. The van der Waals surface area contributed by atoms with Crippen molar-refractivity contribution in [2.45, 2.75) is 40.0 Å². The molecule has 0 aromatic heterocycles. The summed E-state index contributed by atoms with van der Waals surface area (Å²) in [4.78, 5) is 23.3. The molecular weight excluding hydrogens is 244 g/mol. The summed E-state index contributed by atoms with van der Waals surface area (Å²) in [6, 6.07) is 0. The van der Waals surface area contributed by atoms with Gasteiger partial charge in [0, 0.05) is 5.57 Å². The van der Waals surface area contributed by atoms with E-state index >= 15 is 0 Å². The van der Waals surface area contributed by atoms with E-state index in [0.717, 1.165) is 6.42 Å². The second-order valence-corrected chi connectivity index (χ2v) is 5.17. The molecule has 0 saturated heterocycles. The molecule has 0 radical (unpaired) electrons. The normalized spacial score (nSPS) is 14.8. The standard InChI is InChI=1S/C15H22O4/c1-4-15(2,3)14(17)19-11-10-18-13(16)12-8-6-5-7-9-12/h5-6,8H,4,7,9-11H2,1-3H3. The smallest absolute Gasteiger partial charge is 0.334 e. The van der Waals surface area contributed by atoms with Crippen LogP contribution >= 0.6 is 0 Å². The van der Waals surface area contributed by atoms with Crippen molar-refractivity contribution in [3.05, 3.63) is 23.8 Å². The highest BCUT2D eigenvalue weighted by Gasteiger charge is 2.26. The molecule has 0 fully saturated rings. The number of allylic oxidation sites excluding steroid dienone is 3. The lowest BCUT2D eigenvalue weighted by molar-refractivity contribution is -0.158. The summed E-state index contributed by atoms with van der Waals surface area (Å²) in [5.41, 5.74) is 0.184. The zero-order valence-corrected chi connectivity index (χ0v) is 11.9. The van der Waals surface area contributed by atoms with Gasteiger partial charge in [-0.25, -0.2) is 4.79 Å². The molecule has 0 aliphatic heterocycles. The summed E-state index contributed by atoms with van der Waals surface area (Å²) in [5.74, 6) is -0.582. The molecule has 0 bridgehead atoms. The van der Waals surface area contributed by atoms with Gasteiger partial charge in [0.2, 0.25) is 0 Å². The van der Waals surface area contributed by atoms with Crippen LogP contribution in [-0.4, -0.2) is 25.2 Å². The van der Waals surface area contributed by atoms with Gasteiger partial charge in [-0.1, -0.05) is 25.2 Å². The molecule has 1 aliphatic carbocycles. The van der Waals surface area contributed by atoms with Gasteiger partial charge in [-0.05, 0) is 33.1 Å². The Balaban J connectivity index is 2.24. The monoisotopic (exact) mass is 266 g/mol. The molecule has 0 heterocycles. The van der Waals surface area contributed by atoms with Crippen LogP contribution in [0.15, 0.2) is 23.8 Å². The Hall–Kier alpha value is -1.58. The number of ether oxygens (including phenoxy) is 2. The fraction of sp³-hybridized carbons (Fsp3) is 0.600. The van der Waals surface area contributed by atoms with Crippen LogP contribution in [0.2, 0.25) is 0 Å². The second-order valence-electron chi connectivity index (χ2n) is 5.17. The van der Waals surface area contributed by atoms with Gasteiger partial charge in [-0.15, -0.1) is 0 Å². The first-order chi connectivity index (χ1) is 8.97. The highest BCUT2D eigenvalue weighted by atomic mass is 16.6. The predicted octanol–water partition coefficient (Wildman–Crippen LogP) is 2.79. The number of rotatable bonds is 6. The van der Waals surface area contributed by atoms with Gasteiger partial charge < -0.3 is 9.47 Å². The Labute approximate surface area is 114 Å². The van der Waals surface area contributed by atoms with Crippen LogP contribution in [0.5, 0.6) is 0 Å². The van der Waals surface area contributed by atoms with E-state index < -0.39 is 5.41 Å². The second kappa shape index (κ2) is 7.12. The number of hydrogen-bond donors (Lipinski definition) is 0. The lowest BCUT2D eigenvalue weighted by Crippen LogP contribution is -2.27. The third-order valence-corrected chi connectivity index (χ3v) is 3.26. The van der Waals surface area contributed by atoms with Crippen molar-refractivity contribution in [1.29, 1.82) is 0 Å². The number of carbonyl (C=O) groups excluding carboxylic acids is 2. The Morgan fingerprint density at radius 3 is 2.53 bits per heavy atom. The van der Waals surface area contributed by atoms with Gasteiger partial charge in [0.1, 0.15) is 13.2 Å². The maximum atomic E-state index is 11.7. The Kier molecular flexibility index (Phi) is 5.80. The number of hydrogen-bond acceptors (Lipinski definition) is 4. The van der Waals surface area contributed by atoms with E-state index in [2.05, 4.69) is 0 Å². The molecule has 4 nitrogen and oxygen atoms in total. The van der Waals surface area contributed by atoms with Crippen LogP contribution in [0.1, 0.15) is 40.0 Å². The van der Waals surface area contributed by atoms with Gasteiger partial charge in [0.25, 0.3) is 0 Å². The molecule has 0 aromatic rings. The summed E-state index contributed by atoms with van der Waals surface area (Å²) in [6.07, 6.45) is 7.90. The Bertz CT molecular complexity index is 391. The summed E-state index contributed by atoms with van der Waals surface area (Å²) < 4.78 is 10.1. The maximum absolute atomic E-state index is 11.7. The van der Waals surface area contributed by atoms with Gasteiger partial charge in [-0.3, -0.25) is 4.79 Å². The predicted molar refractivity (Wildman–Crippen MR) is 72.4 cm³/mol. The van der Waals surface area contributed by atoms with Crippen LogP contribution in [-0.2, 0) is 19.1 Å². The lowest BCUT2D eigenvalue weighted by atomic mass is 9.91. The first kappa shape index (κ1) is 15.5. The van der Waals surface area contributed by atoms with E-state index in [-0.39, 0.29) is 25.2 Å². The van der Waals surface area contributed by atoms with Crippen LogP contribution < -0.4 is 0 Å². The molecule has 19 heavy (non-hydrogen) atoms. The zero-order valence-electron chi connectivity index (χ0n) is 11.9. The quantitative estimate of drug-likeness (QED) is 0.548. The minimum absolute atomic E-state index is 0.103. The van der Waals surface area contributed by atoms with Crippen molar-refractivity contribution in [2.75, 3.05) is 13.2 Å². The van der Waals surface area contributed by atoms with E-state index in [1.165, 1.54) is 0 Å². The molecule has 106 valence electrons. The molecule has 0 spiro atoms. The van der Waals surface area contributed by atoms with Gasteiger partial charge in [0.15, 0.2) is 0 Å². The van der Waals surface area contributed by atoms with Gasteiger partial charge in [-0.2, -0.15) is 0 Å². The van der Waals surface area contributed by atoms with Crippen molar-refractivity contribution < 1.29 is 19.1 Å². The zero-order chi connectivity index (χ0) is 14.3. The van der Waals surface area contributed by atoms with Crippen LogP contribution in [0.25, 0.3) is 0 Å². The van der Waals surface area contributed by atoms with Crippen molar-refractivity contribution in [3.8, 4) is 0 Å². The highest BCUT2D eigenvalue weighted by Crippen LogP contribution is 2.21. The molecule has 1 rings (SSSR count). The highest BCUT2D eigenvalue weighted by molar-refractivity contribution is 5.89. The first-order valence-corrected chi connectivity index (χ1v) is 6.67. The Morgan fingerprint density at radius 1 is 1.26 bits per heavy atom. The van der Waals surface area contributed by atoms with Crippen LogP contribution in [0.3, 0.4) is 0 Å². The van der Waals surface area contributed by atoms with Crippen molar-refractivity contribution in [1.82, 2.24) is 0 Å². The molecule has 0 amide bonds. The van der Waals surface area contributed by atoms with Crippen molar-refractivity contribution in [2.24, 2.45) is 5.41 Å². The minimum Gasteiger partial charge on any atom is -0.462 e. The van der Waals surface area contributed by atoms with E-state index in [0.29, 0.717) is 18.4 Å². The molecule has 4 heteroatoms. The summed E-state index contributed by atoms with van der Waals surface area (Å²) in [6.45, 7) is 5.81. The lowest BCUT2D eigenvalue weighted by Gasteiger charge is -2.20. The molecule has 1 aliphatic rings. The number of carbonyl (C=O) groups is 2. The van der Waals surface area contributed by atoms with Crippen LogP contribution in [0.4, 0.5) is 0 Å². The van der Waals surface area contributed by atoms with E-state index in [9.17, 15) is 9.59 Å².